The van der Waals surface area contributed by atoms with E-state index in [0.717, 1.165) is 61.0 Å². The third kappa shape index (κ3) is 6.19. The molecule has 0 spiro atoms. The topological polar surface area (TPSA) is 56.7 Å². The molecule has 0 saturated carbocycles. The zero-order chi connectivity index (χ0) is 45.9. The lowest BCUT2D eigenvalue weighted by molar-refractivity contribution is 0.669. The molecule has 0 saturated heterocycles. The fraction of sp³-hybridized carbons (Fsp3) is 0. The maximum atomic E-state index is 6.77. The first kappa shape index (κ1) is 39.3. The highest BCUT2D eigenvalue weighted by Gasteiger charge is 2.21. The maximum Gasteiger partial charge on any atom is 0.164 e. The number of nitrogens with zero attached hydrogens (tertiary/aromatic N) is 4. The van der Waals surface area contributed by atoms with Crippen molar-refractivity contribution in [1.82, 2.24) is 19.5 Å². The standard InChI is InChI=1S/C63H36N4OS2/c1-3-12-37(13-4-1)38-25-30-52-50(32-38)51-33-39(26-31-53(51)67(52)43-14-5-2-6-15-43)40-22-29-48-55(34-40)68-54-19-11-18-49(60(48)54)63-65-61(41-23-27-46-44-16-7-9-20-56(44)69-58(46)35-41)64-62(66-63)42-24-28-47-45-17-8-10-21-57(45)70-59(47)36-42/h1-36H. The van der Waals surface area contributed by atoms with E-state index in [1.165, 1.54) is 67.8 Å². The SMILES string of the molecule is c1ccc(-c2ccc3c(c2)c2cc(-c4ccc5c(c4)oc4cccc(-c6nc(-c7ccc8c(c7)sc7ccccc78)nc(-c7ccc8c(c7)sc7ccccc78)n6)c45)ccc2n3-c2ccccc2)cc1. The van der Waals surface area contributed by atoms with Gasteiger partial charge in [-0.25, -0.2) is 15.0 Å². The Morgan fingerprint density at radius 3 is 1.46 bits per heavy atom. The molecule has 0 aliphatic carbocycles. The molecule has 0 aliphatic rings. The molecule has 0 amide bonds. The van der Waals surface area contributed by atoms with E-state index in [1.54, 1.807) is 22.7 Å². The minimum atomic E-state index is 0.598. The van der Waals surface area contributed by atoms with Crippen LogP contribution in [0.4, 0.5) is 0 Å². The van der Waals surface area contributed by atoms with Gasteiger partial charge in [0, 0.05) is 84.3 Å². The van der Waals surface area contributed by atoms with E-state index >= 15 is 0 Å². The average Bonchev–Trinajstić information content (AvgIpc) is 4.19. The van der Waals surface area contributed by atoms with E-state index in [0.29, 0.717) is 17.5 Å². The average molecular weight is 929 g/mol. The van der Waals surface area contributed by atoms with Crippen molar-refractivity contribution in [2.24, 2.45) is 0 Å². The lowest BCUT2D eigenvalue weighted by Gasteiger charge is -2.10. The van der Waals surface area contributed by atoms with Gasteiger partial charge < -0.3 is 8.98 Å². The van der Waals surface area contributed by atoms with Crippen molar-refractivity contribution in [2.45, 2.75) is 0 Å². The van der Waals surface area contributed by atoms with Crippen LogP contribution in [0.15, 0.2) is 223 Å². The number of benzene rings is 10. The van der Waals surface area contributed by atoms with Crippen molar-refractivity contribution in [3.63, 3.8) is 0 Å². The molecule has 0 atom stereocenters. The van der Waals surface area contributed by atoms with Crippen LogP contribution >= 0.6 is 22.7 Å². The van der Waals surface area contributed by atoms with Gasteiger partial charge in [0.2, 0.25) is 0 Å². The van der Waals surface area contributed by atoms with Gasteiger partial charge in [0.15, 0.2) is 17.5 Å². The van der Waals surface area contributed by atoms with E-state index in [9.17, 15) is 0 Å². The number of fused-ring (bicyclic) bond motifs is 12. The molecule has 0 radical (unpaired) electrons. The number of para-hydroxylation sites is 1. The lowest BCUT2D eigenvalue weighted by atomic mass is 9.99. The number of hydrogen-bond donors (Lipinski definition) is 0. The smallest absolute Gasteiger partial charge is 0.164 e. The van der Waals surface area contributed by atoms with Crippen LogP contribution in [0, 0.1) is 0 Å². The Bertz CT molecular complexity index is 4470. The molecule has 5 nitrogen and oxygen atoms in total. The van der Waals surface area contributed by atoms with Crippen LogP contribution < -0.4 is 0 Å². The Labute approximate surface area is 408 Å². The molecule has 7 heteroatoms. The number of rotatable bonds is 6. The van der Waals surface area contributed by atoms with Gasteiger partial charge in [0.1, 0.15) is 11.2 Å². The highest BCUT2D eigenvalue weighted by atomic mass is 32.1. The highest BCUT2D eigenvalue weighted by molar-refractivity contribution is 7.26. The molecule has 10 aromatic carbocycles. The molecular formula is C63H36N4OS2. The summed E-state index contributed by atoms with van der Waals surface area (Å²) in [6, 6.07) is 78.0. The van der Waals surface area contributed by atoms with Crippen LogP contribution in [0.2, 0.25) is 0 Å². The van der Waals surface area contributed by atoms with Gasteiger partial charge in [-0.2, -0.15) is 0 Å². The summed E-state index contributed by atoms with van der Waals surface area (Å²) in [6.45, 7) is 0. The van der Waals surface area contributed by atoms with Crippen LogP contribution in [0.5, 0.6) is 0 Å². The fourth-order valence-electron chi connectivity index (χ4n) is 10.5. The van der Waals surface area contributed by atoms with Crippen LogP contribution in [-0.4, -0.2) is 19.5 Å². The summed E-state index contributed by atoms with van der Waals surface area (Å²) < 4.78 is 14.1. The summed E-state index contributed by atoms with van der Waals surface area (Å²) in [5.41, 5.74) is 12.4. The van der Waals surface area contributed by atoms with Crippen molar-refractivity contribution < 1.29 is 4.42 Å². The summed E-state index contributed by atoms with van der Waals surface area (Å²) >= 11 is 3.59. The van der Waals surface area contributed by atoms with E-state index in [4.69, 9.17) is 19.4 Å². The molecular weight excluding hydrogens is 893 g/mol. The minimum Gasteiger partial charge on any atom is -0.456 e. The van der Waals surface area contributed by atoms with E-state index in [2.05, 4.69) is 211 Å². The van der Waals surface area contributed by atoms with Gasteiger partial charge in [-0.1, -0.05) is 140 Å². The molecule has 326 valence electrons. The molecule has 15 aromatic rings. The Morgan fingerprint density at radius 2 is 0.814 bits per heavy atom. The maximum absolute atomic E-state index is 6.77. The zero-order valence-corrected chi connectivity index (χ0v) is 38.9. The summed E-state index contributed by atoms with van der Waals surface area (Å²) in [6.07, 6.45) is 0. The largest absolute Gasteiger partial charge is 0.456 e. The van der Waals surface area contributed by atoms with Gasteiger partial charge in [0.05, 0.1) is 11.0 Å². The molecule has 0 bridgehead atoms. The molecule has 5 heterocycles. The van der Waals surface area contributed by atoms with Crippen molar-refractivity contribution in [2.75, 3.05) is 0 Å². The second kappa shape index (κ2) is 15.4. The molecule has 0 N–H and O–H groups in total. The Morgan fingerprint density at radius 1 is 0.314 bits per heavy atom. The molecule has 0 aliphatic heterocycles. The Balaban J connectivity index is 0.884. The third-order valence-corrected chi connectivity index (χ3v) is 16.1. The van der Waals surface area contributed by atoms with E-state index in [-0.39, 0.29) is 0 Å². The van der Waals surface area contributed by atoms with Crippen molar-refractivity contribution in [3.05, 3.63) is 218 Å². The number of thiophene rings is 2. The molecule has 15 rings (SSSR count). The van der Waals surface area contributed by atoms with Gasteiger partial charge in [-0.3, -0.25) is 0 Å². The molecule has 0 fully saturated rings. The van der Waals surface area contributed by atoms with Gasteiger partial charge in [0.25, 0.3) is 0 Å². The molecule has 70 heavy (non-hydrogen) atoms. The predicted octanol–water partition coefficient (Wildman–Crippen LogP) is 17.9. The number of hydrogen-bond acceptors (Lipinski definition) is 6. The van der Waals surface area contributed by atoms with Crippen molar-refractivity contribution >= 4 is 107 Å². The van der Waals surface area contributed by atoms with Crippen LogP contribution in [0.25, 0.3) is 146 Å². The minimum absolute atomic E-state index is 0.598. The normalized spacial score (nSPS) is 12.0. The first-order chi connectivity index (χ1) is 34.6. The van der Waals surface area contributed by atoms with Crippen LogP contribution in [-0.2, 0) is 0 Å². The lowest BCUT2D eigenvalue weighted by Crippen LogP contribution is -2.00. The van der Waals surface area contributed by atoms with Crippen molar-refractivity contribution in [1.29, 1.82) is 0 Å². The summed E-state index contributed by atoms with van der Waals surface area (Å²) in [4.78, 5) is 15.8. The van der Waals surface area contributed by atoms with Gasteiger partial charge >= 0.3 is 0 Å². The highest BCUT2D eigenvalue weighted by Crippen LogP contribution is 2.43. The molecule has 0 unspecified atom stereocenters. The Hall–Kier alpha value is -8.75. The van der Waals surface area contributed by atoms with Crippen molar-refractivity contribution in [3.8, 4) is 62.1 Å². The summed E-state index contributed by atoms with van der Waals surface area (Å²) in [5.74, 6) is 1.85. The zero-order valence-electron chi connectivity index (χ0n) is 37.3. The first-order valence-corrected chi connectivity index (χ1v) is 25.0. The van der Waals surface area contributed by atoms with E-state index in [1.807, 2.05) is 12.1 Å². The predicted molar refractivity (Wildman–Crippen MR) is 294 cm³/mol. The third-order valence-electron chi connectivity index (χ3n) is 13.9. The monoisotopic (exact) mass is 928 g/mol. The Kier molecular flexibility index (Phi) is 8.63. The quantitative estimate of drug-likeness (QED) is 0.167. The summed E-state index contributed by atoms with van der Waals surface area (Å²) in [7, 11) is 0. The van der Waals surface area contributed by atoms with Gasteiger partial charge in [-0.15, -0.1) is 22.7 Å². The second-order valence-corrected chi connectivity index (χ2v) is 20.1. The molecule has 5 aromatic heterocycles. The number of aromatic nitrogens is 4. The van der Waals surface area contributed by atoms with Crippen LogP contribution in [0.3, 0.4) is 0 Å². The van der Waals surface area contributed by atoms with Gasteiger partial charge in [-0.05, 0) is 101 Å². The number of furan rings is 1. The van der Waals surface area contributed by atoms with E-state index < -0.39 is 0 Å². The second-order valence-electron chi connectivity index (χ2n) is 17.9. The summed E-state index contributed by atoms with van der Waals surface area (Å²) in [5, 5.41) is 9.38. The van der Waals surface area contributed by atoms with Crippen LogP contribution in [0.1, 0.15) is 0 Å². The first-order valence-electron chi connectivity index (χ1n) is 23.4. The fourth-order valence-corrected chi connectivity index (χ4v) is 12.8.